The molecule has 2 heterocycles. The summed E-state index contributed by atoms with van der Waals surface area (Å²) in [5.41, 5.74) is 6.79. The average Bonchev–Trinajstić information content (AvgIpc) is 2.58. The van der Waals surface area contributed by atoms with Gasteiger partial charge in [-0.1, -0.05) is 5.16 Å². The number of nitrogen functional groups attached to an aromatic ring is 1. The number of hydrogen-bond acceptors (Lipinski definition) is 5. The lowest BCUT2D eigenvalue weighted by Crippen LogP contribution is -1.83. The summed E-state index contributed by atoms with van der Waals surface area (Å²) in [7, 11) is 0. The summed E-state index contributed by atoms with van der Waals surface area (Å²) in [4.78, 5) is 4.14. The highest BCUT2D eigenvalue weighted by molar-refractivity contribution is 9.11. The van der Waals surface area contributed by atoms with Gasteiger partial charge in [-0.05, 0) is 15.9 Å². The van der Waals surface area contributed by atoms with Crippen molar-refractivity contribution >= 4 is 33.0 Å². The van der Waals surface area contributed by atoms with Gasteiger partial charge in [0.05, 0.1) is 6.20 Å². The van der Waals surface area contributed by atoms with E-state index in [2.05, 4.69) is 26.1 Å². The molecule has 0 spiro atoms. The first-order valence-electron chi connectivity index (χ1n) is 3.09. The van der Waals surface area contributed by atoms with E-state index in [9.17, 15) is 0 Å². The highest BCUT2D eigenvalue weighted by Crippen LogP contribution is 2.28. The van der Waals surface area contributed by atoms with Gasteiger partial charge in [0.15, 0.2) is 3.92 Å². The van der Waals surface area contributed by atoms with Crippen LogP contribution in [0.2, 0.25) is 0 Å². The normalized spacial score (nSPS) is 10.4. The summed E-state index contributed by atoms with van der Waals surface area (Å²) in [5, 5.41) is 5.40. The van der Waals surface area contributed by atoms with Crippen LogP contribution >= 0.6 is 27.3 Å². The Balaban J connectivity index is 2.50. The van der Waals surface area contributed by atoms with Crippen LogP contribution in [-0.2, 0) is 0 Å². The van der Waals surface area contributed by atoms with Gasteiger partial charge in [0.2, 0.25) is 5.76 Å². The maximum absolute atomic E-state index is 5.57. The van der Waals surface area contributed by atoms with Crippen molar-refractivity contribution in [3.8, 4) is 11.5 Å². The molecule has 0 aromatic carbocycles. The highest BCUT2D eigenvalue weighted by Gasteiger charge is 2.10. The molecule has 0 saturated carbocycles. The van der Waals surface area contributed by atoms with Gasteiger partial charge < -0.3 is 10.3 Å². The molecule has 0 radical (unpaired) electrons. The third-order valence-corrected chi connectivity index (χ3v) is 2.67. The highest BCUT2D eigenvalue weighted by atomic mass is 79.9. The van der Waals surface area contributed by atoms with Crippen molar-refractivity contribution < 1.29 is 4.52 Å². The zero-order chi connectivity index (χ0) is 8.55. The molecule has 4 nitrogen and oxygen atoms in total. The summed E-state index contributed by atoms with van der Waals surface area (Å²) in [6, 6.07) is 0. The molecule has 62 valence electrons. The summed E-state index contributed by atoms with van der Waals surface area (Å²) in [6.07, 6.45) is 1.46. The molecule has 0 atom stereocenters. The SMILES string of the molecule is Nc1cnoc1-c1csc(Br)n1. The molecular weight excluding hydrogens is 242 g/mol. The van der Waals surface area contributed by atoms with Gasteiger partial charge in [-0.3, -0.25) is 0 Å². The lowest BCUT2D eigenvalue weighted by atomic mass is 10.3. The number of thiazole rings is 1. The minimum atomic E-state index is 0.507. The molecule has 2 rings (SSSR count). The molecule has 2 N–H and O–H groups in total. The molecule has 0 bridgehead atoms. The van der Waals surface area contributed by atoms with Gasteiger partial charge in [-0.25, -0.2) is 4.98 Å². The molecule has 0 aliphatic rings. The fraction of sp³-hybridized carbons (Fsp3) is 0. The molecule has 0 amide bonds. The average molecular weight is 246 g/mol. The van der Waals surface area contributed by atoms with Gasteiger partial charge in [-0.2, -0.15) is 0 Å². The van der Waals surface area contributed by atoms with Crippen LogP contribution in [0.4, 0.5) is 5.69 Å². The number of rotatable bonds is 1. The van der Waals surface area contributed by atoms with Crippen molar-refractivity contribution in [2.75, 3.05) is 5.73 Å². The minimum Gasteiger partial charge on any atom is -0.394 e. The third kappa shape index (κ3) is 1.23. The second-order valence-electron chi connectivity index (χ2n) is 2.10. The molecular formula is C6H4BrN3OS. The zero-order valence-corrected chi connectivity index (χ0v) is 8.22. The van der Waals surface area contributed by atoms with Crippen LogP contribution in [0.5, 0.6) is 0 Å². The van der Waals surface area contributed by atoms with Crippen LogP contribution in [0.25, 0.3) is 11.5 Å². The van der Waals surface area contributed by atoms with Crippen molar-refractivity contribution in [2.45, 2.75) is 0 Å². The van der Waals surface area contributed by atoms with Crippen LogP contribution in [0.3, 0.4) is 0 Å². The molecule has 2 aromatic rings. The Bertz CT molecular complexity index is 397. The van der Waals surface area contributed by atoms with Crippen molar-refractivity contribution in [3.05, 3.63) is 15.5 Å². The predicted molar refractivity (Wildman–Crippen MR) is 49.7 cm³/mol. The topological polar surface area (TPSA) is 64.9 Å². The summed E-state index contributed by atoms with van der Waals surface area (Å²) >= 11 is 4.72. The lowest BCUT2D eigenvalue weighted by Gasteiger charge is -1.87. The fourth-order valence-electron chi connectivity index (χ4n) is 0.798. The monoisotopic (exact) mass is 245 g/mol. The van der Waals surface area contributed by atoms with Crippen molar-refractivity contribution in [1.29, 1.82) is 0 Å². The van der Waals surface area contributed by atoms with E-state index in [4.69, 9.17) is 10.3 Å². The first-order chi connectivity index (χ1) is 5.77. The van der Waals surface area contributed by atoms with E-state index >= 15 is 0 Å². The molecule has 2 aromatic heterocycles. The van der Waals surface area contributed by atoms with Crippen molar-refractivity contribution in [1.82, 2.24) is 10.1 Å². The lowest BCUT2D eigenvalue weighted by molar-refractivity contribution is 0.431. The van der Waals surface area contributed by atoms with E-state index in [-0.39, 0.29) is 0 Å². The molecule has 12 heavy (non-hydrogen) atoms. The van der Waals surface area contributed by atoms with Gasteiger partial charge in [0.25, 0.3) is 0 Å². The zero-order valence-electron chi connectivity index (χ0n) is 5.82. The molecule has 0 aliphatic carbocycles. The van der Waals surface area contributed by atoms with Gasteiger partial charge in [-0.15, -0.1) is 11.3 Å². The van der Waals surface area contributed by atoms with E-state index in [1.165, 1.54) is 17.5 Å². The molecule has 6 heteroatoms. The van der Waals surface area contributed by atoms with Gasteiger partial charge in [0.1, 0.15) is 11.4 Å². The number of hydrogen-bond donors (Lipinski definition) is 1. The van der Waals surface area contributed by atoms with Crippen LogP contribution in [-0.4, -0.2) is 10.1 Å². The van der Waals surface area contributed by atoms with Crippen LogP contribution in [0.15, 0.2) is 20.0 Å². The Morgan fingerprint density at radius 1 is 1.58 bits per heavy atom. The summed E-state index contributed by atoms with van der Waals surface area (Å²) in [6.45, 7) is 0. The van der Waals surface area contributed by atoms with Crippen LogP contribution in [0.1, 0.15) is 0 Å². The number of aromatic nitrogens is 2. The minimum absolute atomic E-state index is 0.507. The van der Waals surface area contributed by atoms with E-state index in [1.807, 2.05) is 5.38 Å². The Kier molecular flexibility index (Phi) is 1.86. The summed E-state index contributed by atoms with van der Waals surface area (Å²) < 4.78 is 5.71. The van der Waals surface area contributed by atoms with E-state index in [1.54, 1.807) is 0 Å². The van der Waals surface area contributed by atoms with E-state index in [0.717, 1.165) is 3.92 Å². The number of nitrogens with zero attached hydrogens (tertiary/aromatic N) is 2. The smallest absolute Gasteiger partial charge is 0.208 e. The maximum Gasteiger partial charge on any atom is 0.208 e. The molecule has 0 unspecified atom stereocenters. The van der Waals surface area contributed by atoms with E-state index in [0.29, 0.717) is 17.1 Å². The first kappa shape index (κ1) is 7.75. The van der Waals surface area contributed by atoms with Crippen LogP contribution in [0, 0.1) is 0 Å². The third-order valence-electron chi connectivity index (χ3n) is 1.31. The Morgan fingerprint density at radius 2 is 2.42 bits per heavy atom. The maximum atomic E-state index is 5.57. The Hall–Kier alpha value is -0.880. The first-order valence-corrected chi connectivity index (χ1v) is 4.76. The standard InChI is InChI=1S/C6H4BrN3OS/c7-6-10-4(2-12-6)5-3(8)1-9-11-5/h1-2H,8H2. The molecule has 0 saturated heterocycles. The van der Waals surface area contributed by atoms with Gasteiger partial charge >= 0.3 is 0 Å². The fourth-order valence-corrected chi connectivity index (χ4v) is 1.79. The largest absolute Gasteiger partial charge is 0.394 e. The van der Waals surface area contributed by atoms with Crippen molar-refractivity contribution in [3.63, 3.8) is 0 Å². The predicted octanol–water partition coefficient (Wildman–Crippen LogP) is 2.14. The van der Waals surface area contributed by atoms with Crippen molar-refractivity contribution in [2.24, 2.45) is 0 Å². The second-order valence-corrected chi connectivity index (χ2v) is 4.23. The summed E-state index contributed by atoms with van der Waals surface area (Å²) in [5.74, 6) is 0.525. The Morgan fingerprint density at radius 3 is 2.92 bits per heavy atom. The van der Waals surface area contributed by atoms with Crippen LogP contribution < -0.4 is 5.73 Å². The Labute approximate surface area is 80.5 Å². The second kappa shape index (κ2) is 2.87. The van der Waals surface area contributed by atoms with Gasteiger partial charge in [0, 0.05) is 5.38 Å². The molecule has 0 aliphatic heterocycles. The number of halogens is 1. The quantitative estimate of drug-likeness (QED) is 0.837. The molecule has 0 fully saturated rings. The van der Waals surface area contributed by atoms with E-state index < -0.39 is 0 Å². The number of nitrogens with two attached hydrogens (primary N) is 1. The number of anilines is 1.